The second-order valence-electron chi connectivity index (χ2n) is 9.35. The number of methoxy groups -OCH3 is 1. The van der Waals surface area contributed by atoms with E-state index in [1.54, 1.807) is 25.1 Å². The highest BCUT2D eigenvalue weighted by Gasteiger charge is 2.29. The molecule has 9 nitrogen and oxygen atoms in total. The third-order valence-corrected chi connectivity index (χ3v) is 9.88. The van der Waals surface area contributed by atoms with Gasteiger partial charge < -0.3 is 10.1 Å². The van der Waals surface area contributed by atoms with Crippen molar-refractivity contribution in [1.82, 2.24) is 4.31 Å². The summed E-state index contributed by atoms with van der Waals surface area (Å²) in [5.74, 6) is 0.105. The van der Waals surface area contributed by atoms with Crippen LogP contribution in [0.1, 0.15) is 35.7 Å². The molecule has 0 bridgehead atoms. The summed E-state index contributed by atoms with van der Waals surface area (Å²) in [6.07, 6.45) is 1.57. The Kier molecular flexibility index (Phi) is 8.10. The maximum absolute atomic E-state index is 13.2. The molecule has 38 heavy (non-hydrogen) atoms. The first-order valence-corrected chi connectivity index (χ1v) is 15.1. The van der Waals surface area contributed by atoms with Crippen LogP contribution in [0.3, 0.4) is 0 Å². The van der Waals surface area contributed by atoms with Gasteiger partial charge in [-0.15, -0.1) is 0 Å². The summed E-state index contributed by atoms with van der Waals surface area (Å²) in [4.78, 5) is 13.2. The van der Waals surface area contributed by atoms with Crippen molar-refractivity contribution >= 4 is 37.3 Å². The highest BCUT2D eigenvalue weighted by atomic mass is 32.2. The molecule has 1 aliphatic heterocycles. The first-order chi connectivity index (χ1) is 18.0. The van der Waals surface area contributed by atoms with Crippen LogP contribution in [-0.4, -0.2) is 47.2 Å². The molecule has 0 aliphatic carbocycles. The number of anilines is 2. The van der Waals surface area contributed by atoms with Gasteiger partial charge in [0.15, 0.2) is 0 Å². The van der Waals surface area contributed by atoms with E-state index >= 15 is 0 Å². The standard InChI is InChI=1S/C27H31N3O6S2/c1-19-14-16-30(17-15-19)38(34,35)23-12-13-26(36-3)24(18-23)27(31)28-21-8-10-22(11-9-21)37(32,33)29-25-7-5-4-6-20(25)2/h4-13,18-19,29H,14-17H2,1-3H3,(H,28,31). The summed E-state index contributed by atoms with van der Waals surface area (Å²) in [5.41, 5.74) is 1.65. The van der Waals surface area contributed by atoms with Crippen molar-refractivity contribution in [3.05, 3.63) is 77.9 Å². The van der Waals surface area contributed by atoms with E-state index in [9.17, 15) is 21.6 Å². The number of rotatable bonds is 8. The van der Waals surface area contributed by atoms with Crippen molar-refractivity contribution in [2.24, 2.45) is 5.92 Å². The van der Waals surface area contributed by atoms with Crippen molar-refractivity contribution in [2.45, 2.75) is 36.5 Å². The summed E-state index contributed by atoms with van der Waals surface area (Å²) < 4.78 is 61.3. The zero-order chi connectivity index (χ0) is 27.5. The van der Waals surface area contributed by atoms with Gasteiger partial charge in [0, 0.05) is 18.8 Å². The smallest absolute Gasteiger partial charge is 0.261 e. The zero-order valence-electron chi connectivity index (χ0n) is 21.5. The van der Waals surface area contributed by atoms with Crippen molar-refractivity contribution in [3.63, 3.8) is 0 Å². The number of nitrogens with zero attached hydrogens (tertiary/aromatic N) is 1. The lowest BCUT2D eigenvalue weighted by Gasteiger charge is -2.29. The predicted molar refractivity (Wildman–Crippen MR) is 147 cm³/mol. The molecule has 0 saturated carbocycles. The number of hydrogen-bond donors (Lipinski definition) is 2. The Hall–Kier alpha value is -3.41. The van der Waals surface area contributed by atoms with Crippen LogP contribution in [0.15, 0.2) is 76.5 Å². The number of carbonyl (C=O) groups excluding carboxylic acids is 1. The minimum absolute atomic E-state index is 0.0155. The average Bonchev–Trinajstić information content (AvgIpc) is 2.90. The van der Waals surface area contributed by atoms with Gasteiger partial charge in [-0.25, -0.2) is 16.8 Å². The SMILES string of the molecule is COc1ccc(S(=O)(=O)N2CCC(C)CC2)cc1C(=O)Nc1ccc(S(=O)(=O)Nc2ccccc2C)cc1. The van der Waals surface area contributed by atoms with Gasteiger partial charge in [-0.05, 0) is 79.8 Å². The maximum atomic E-state index is 13.2. The number of aryl methyl sites for hydroxylation is 1. The lowest BCUT2D eigenvalue weighted by atomic mass is 10.0. The normalized spacial score (nSPS) is 15.1. The fourth-order valence-corrected chi connectivity index (χ4v) is 6.83. The van der Waals surface area contributed by atoms with Gasteiger partial charge >= 0.3 is 0 Å². The van der Waals surface area contributed by atoms with Crippen molar-refractivity contribution in [2.75, 3.05) is 30.2 Å². The van der Waals surface area contributed by atoms with Crippen molar-refractivity contribution in [1.29, 1.82) is 0 Å². The van der Waals surface area contributed by atoms with Crippen LogP contribution in [0.25, 0.3) is 0 Å². The molecule has 1 saturated heterocycles. The van der Waals surface area contributed by atoms with Crippen LogP contribution in [0, 0.1) is 12.8 Å². The predicted octanol–water partition coefficient (Wildman–Crippen LogP) is 4.48. The number of benzene rings is 3. The van der Waals surface area contributed by atoms with Gasteiger partial charge in [0.25, 0.3) is 15.9 Å². The summed E-state index contributed by atoms with van der Waals surface area (Å²) >= 11 is 0. The van der Waals surface area contributed by atoms with Crippen LogP contribution in [0.4, 0.5) is 11.4 Å². The molecule has 3 aromatic carbocycles. The number of hydrogen-bond acceptors (Lipinski definition) is 6. The molecule has 3 aromatic rings. The molecule has 202 valence electrons. The fourth-order valence-electron chi connectivity index (χ4n) is 4.21. The molecule has 0 spiro atoms. The number of sulfonamides is 2. The van der Waals surface area contributed by atoms with Crippen molar-refractivity contribution in [3.8, 4) is 5.75 Å². The second kappa shape index (κ2) is 11.1. The van der Waals surface area contributed by atoms with Gasteiger partial charge in [-0.3, -0.25) is 9.52 Å². The molecule has 0 radical (unpaired) electrons. The summed E-state index contributed by atoms with van der Waals surface area (Å²) in [6, 6.07) is 16.9. The summed E-state index contributed by atoms with van der Waals surface area (Å²) in [7, 11) is -6.20. The number of carbonyl (C=O) groups is 1. The molecular weight excluding hydrogens is 526 g/mol. The van der Waals surface area contributed by atoms with Gasteiger partial charge in [-0.2, -0.15) is 4.31 Å². The zero-order valence-corrected chi connectivity index (χ0v) is 23.1. The molecule has 0 unspecified atom stereocenters. The Morgan fingerprint density at radius 3 is 2.18 bits per heavy atom. The number of piperidine rings is 1. The Labute approximate surface area is 223 Å². The quantitative estimate of drug-likeness (QED) is 0.421. The third kappa shape index (κ3) is 6.01. The molecule has 4 rings (SSSR count). The minimum Gasteiger partial charge on any atom is -0.496 e. The molecular formula is C27H31N3O6S2. The Bertz CT molecular complexity index is 1530. The Morgan fingerprint density at radius 2 is 1.55 bits per heavy atom. The Morgan fingerprint density at radius 1 is 0.921 bits per heavy atom. The second-order valence-corrected chi connectivity index (χ2v) is 13.0. The van der Waals surface area contributed by atoms with E-state index in [0.717, 1.165) is 18.4 Å². The van der Waals surface area contributed by atoms with E-state index in [1.807, 2.05) is 6.07 Å². The molecule has 1 fully saturated rings. The first-order valence-electron chi connectivity index (χ1n) is 12.2. The van der Waals surface area contributed by atoms with Crippen molar-refractivity contribution < 1.29 is 26.4 Å². The highest BCUT2D eigenvalue weighted by molar-refractivity contribution is 7.92. The number of ether oxygens (including phenoxy) is 1. The van der Waals surface area contributed by atoms with E-state index in [2.05, 4.69) is 17.0 Å². The lowest BCUT2D eigenvalue weighted by Crippen LogP contribution is -2.37. The molecule has 1 aliphatic rings. The first kappa shape index (κ1) is 27.6. The monoisotopic (exact) mass is 557 g/mol. The van der Waals surface area contributed by atoms with Crippen LogP contribution in [0.5, 0.6) is 5.75 Å². The van der Waals surface area contributed by atoms with Gasteiger partial charge in [-0.1, -0.05) is 25.1 Å². The van der Waals surface area contributed by atoms with Crippen LogP contribution in [0.2, 0.25) is 0 Å². The van der Waals surface area contributed by atoms with Gasteiger partial charge in [0.1, 0.15) is 5.75 Å². The van der Waals surface area contributed by atoms with E-state index in [-0.39, 0.29) is 21.1 Å². The lowest BCUT2D eigenvalue weighted by molar-refractivity contribution is 0.102. The van der Waals surface area contributed by atoms with Crippen LogP contribution < -0.4 is 14.8 Å². The Balaban J connectivity index is 1.53. The number of nitrogens with one attached hydrogen (secondary N) is 2. The van der Waals surface area contributed by atoms with Gasteiger partial charge in [0.05, 0.1) is 28.2 Å². The minimum atomic E-state index is -3.83. The van der Waals surface area contributed by atoms with Crippen LogP contribution in [-0.2, 0) is 20.0 Å². The molecule has 0 aromatic heterocycles. The van der Waals surface area contributed by atoms with Gasteiger partial charge in [0.2, 0.25) is 10.0 Å². The summed E-state index contributed by atoms with van der Waals surface area (Å²) in [6.45, 7) is 4.77. The fraction of sp³-hybridized carbons (Fsp3) is 0.296. The molecule has 1 amide bonds. The average molecular weight is 558 g/mol. The summed E-state index contributed by atoms with van der Waals surface area (Å²) in [5, 5.41) is 2.69. The number of para-hydroxylation sites is 1. The van der Waals surface area contributed by atoms with Crippen LogP contribution >= 0.6 is 0 Å². The largest absolute Gasteiger partial charge is 0.496 e. The highest BCUT2D eigenvalue weighted by Crippen LogP contribution is 2.28. The molecule has 1 heterocycles. The molecule has 11 heteroatoms. The maximum Gasteiger partial charge on any atom is 0.261 e. The van der Waals surface area contributed by atoms with E-state index in [4.69, 9.17) is 4.74 Å². The molecule has 0 atom stereocenters. The molecule has 2 N–H and O–H groups in total. The number of amides is 1. The van der Waals surface area contributed by atoms with E-state index in [0.29, 0.717) is 30.4 Å². The van der Waals surface area contributed by atoms with E-state index in [1.165, 1.54) is 53.9 Å². The third-order valence-electron chi connectivity index (χ3n) is 6.61. The van der Waals surface area contributed by atoms with E-state index < -0.39 is 26.0 Å². The topological polar surface area (TPSA) is 122 Å².